The predicted octanol–water partition coefficient (Wildman–Crippen LogP) is -0.175. The van der Waals surface area contributed by atoms with Gasteiger partial charge in [-0.1, -0.05) is 0 Å². The molecule has 1 heterocycles. The topological polar surface area (TPSA) is 95.9 Å². The summed E-state index contributed by atoms with van der Waals surface area (Å²) in [6.07, 6.45) is 3.16. The fourth-order valence-electron chi connectivity index (χ4n) is 0.699. The van der Waals surface area contributed by atoms with Crippen LogP contribution in [0.5, 0.6) is 0 Å². The Labute approximate surface area is 64.5 Å². The SMILES string of the molecule is CC=C(N)n1ncc(N)c1N. The highest BCUT2D eigenvalue weighted by molar-refractivity contribution is 5.62. The van der Waals surface area contributed by atoms with Crippen molar-refractivity contribution in [2.24, 2.45) is 5.73 Å². The molecular weight excluding hydrogens is 142 g/mol. The molecule has 0 unspecified atom stereocenters. The Morgan fingerprint density at radius 2 is 2.27 bits per heavy atom. The lowest BCUT2D eigenvalue weighted by Crippen LogP contribution is -2.10. The monoisotopic (exact) mass is 153 g/mol. The molecule has 0 aliphatic heterocycles. The first-order valence-electron chi connectivity index (χ1n) is 3.18. The van der Waals surface area contributed by atoms with Crippen LogP contribution in [0.4, 0.5) is 11.5 Å². The molecule has 0 fully saturated rings. The van der Waals surface area contributed by atoms with Crippen LogP contribution in [0.1, 0.15) is 6.92 Å². The van der Waals surface area contributed by atoms with Gasteiger partial charge in [-0.15, -0.1) is 0 Å². The van der Waals surface area contributed by atoms with Gasteiger partial charge in [0, 0.05) is 0 Å². The second-order valence-electron chi connectivity index (χ2n) is 2.11. The van der Waals surface area contributed by atoms with E-state index in [0.717, 1.165) is 0 Å². The Kier molecular flexibility index (Phi) is 1.72. The zero-order valence-corrected chi connectivity index (χ0v) is 6.28. The van der Waals surface area contributed by atoms with E-state index in [1.807, 2.05) is 0 Å². The van der Waals surface area contributed by atoms with Crippen LogP contribution in [0.25, 0.3) is 5.82 Å². The largest absolute Gasteiger partial charge is 0.394 e. The Balaban J connectivity index is 3.15. The summed E-state index contributed by atoms with van der Waals surface area (Å²) in [5.41, 5.74) is 16.9. The van der Waals surface area contributed by atoms with E-state index < -0.39 is 0 Å². The smallest absolute Gasteiger partial charge is 0.152 e. The summed E-state index contributed by atoms with van der Waals surface area (Å²) >= 11 is 0. The van der Waals surface area contributed by atoms with Crippen molar-refractivity contribution in [3.8, 4) is 0 Å². The molecule has 5 nitrogen and oxygen atoms in total. The minimum Gasteiger partial charge on any atom is -0.394 e. The molecule has 60 valence electrons. The maximum Gasteiger partial charge on any atom is 0.152 e. The van der Waals surface area contributed by atoms with Crippen molar-refractivity contribution in [3.05, 3.63) is 12.3 Å². The molecule has 0 bridgehead atoms. The molecule has 0 saturated carbocycles. The van der Waals surface area contributed by atoms with E-state index >= 15 is 0 Å². The maximum atomic E-state index is 5.53. The van der Waals surface area contributed by atoms with E-state index in [1.165, 1.54) is 10.9 Å². The van der Waals surface area contributed by atoms with Crippen LogP contribution in [0.2, 0.25) is 0 Å². The van der Waals surface area contributed by atoms with E-state index in [2.05, 4.69) is 5.10 Å². The Morgan fingerprint density at radius 1 is 1.64 bits per heavy atom. The molecule has 5 heteroatoms. The van der Waals surface area contributed by atoms with Crippen molar-refractivity contribution in [2.45, 2.75) is 6.92 Å². The number of allylic oxidation sites excluding steroid dienone is 1. The molecule has 0 radical (unpaired) electrons. The predicted molar refractivity (Wildman–Crippen MR) is 45.2 cm³/mol. The summed E-state index contributed by atoms with van der Waals surface area (Å²) in [4.78, 5) is 0. The van der Waals surface area contributed by atoms with E-state index in [9.17, 15) is 0 Å². The fraction of sp³-hybridized carbons (Fsp3) is 0.167. The van der Waals surface area contributed by atoms with Gasteiger partial charge in [0.05, 0.1) is 11.9 Å². The van der Waals surface area contributed by atoms with Crippen molar-refractivity contribution in [1.82, 2.24) is 9.78 Å². The van der Waals surface area contributed by atoms with E-state index in [-0.39, 0.29) is 0 Å². The number of nitrogen functional groups attached to an aromatic ring is 2. The Morgan fingerprint density at radius 3 is 2.64 bits per heavy atom. The average Bonchev–Trinajstić information content (AvgIpc) is 2.32. The first kappa shape index (κ1) is 7.46. The van der Waals surface area contributed by atoms with Crippen molar-refractivity contribution in [1.29, 1.82) is 0 Å². The zero-order valence-electron chi connectivity index (χ0n) is 6.28. The maximum absolute atomic E-state index is 5.53. The molecule has 1 rings (SSSR count). The van der Waals surface area contributed by atoms with Gasteiger partial charge >= 0.3 is 0 Å². The molecule has 0 aromatic carbocycles. The van der Waals surface area contributed by atoms with Crippen molar-refractivity contribution in [3.63, 3.8) is 0 Å². The Hall–Kier alpha value is -1.65. The third kappa shape index (κ3) is 1.12. The Bertz CT molecular complexity index is 285. The van der Waals surface area contributed by atoms with Gasteiger partial charge < -0.3 is 17.2 Å². The van der Waals surface area contributed by atoms with Crippen LogP contribution in [0, 0.1) is 0 Å². The molecule has 1 aromatic rings. The van der Waals surface area contributed by atoms with E-state index in [1.54, 1.807) is 13.0 Å². The van der Waals surface area contributed by atoms with Crippen LogP contribution < -0.4 is 17.2 Å². The van der Waals surface area contributed by atoms with Crippen LogP contribution >= 0.6 is 0 Å². The summed E-state index contributed by atoms with van der Waals surface area (Å²) in [7, 11) is 0. The summed E-state index contributed by atoms with van der Waals surface area (Å²) in [5, 5.41) is 3.86. The lowest BCUT2D eigenvalue weighted by atomic mass is 10.5. The average molecular weight is 153 g/mol. The second kappa shape index (κ2) is 2.53. The number of hydrogen-bond acceptors (Lipinski definition) is 4. The first-order valence-corrected chi connectivity index (χ1v) is 3.18. The molecule has 0 aliphatic carbocycles. The molecule has 0 saturated heterocycles. The third-order valence-electron chi connectivity index (χ3n) is 1.38. The summed E-state index contributed by atoms with van der Waals surface area (Å²) in [6, 6.07) is 0. The van der Waals surface area contributed by atoms with Crippen LogP contribution in [-0.4, -0.2) is 9.78 Å². The normalized spacial score (nSPS) is 11.9. The molecule has 0 aliphatic rings. The minimum absolute atomic E-state index is 0.376. The molecular formula is C6H11N5. The van der Waals surface area contributed by atoms with Crippen LogP contribution in [0.3, 0.4) is 0 Å². The number of rotatable bonds is 1. The van der Waals surface area contributed by atoms with E-state index in [0.29, 0.717) is 17.3 Å². The van der Waals surface area contributed by atoms with Gasteiger partial charge in [0.1, 0.15) is 5.82 Å². The minimum atomic E-state index is 0.376. The summed E-state index contributed by atoms with van der Waals surface area (Å²) < 4.78 is 1.38. The summed E-state index contributed by atoms with van der Waals surface area (Å²) in [6.45, 7) is 1.80. The highest BCUT2D eigenvalue weighted by Crippen LogP contribution is 2.14. The van der Waals surface area contributed by atoms with Crippen LogP contribution in [-0.2, 0) is 0 Å². The quantitative estimate of drug-likeness (QED) is 0.521. The molecule has 0 amide bonds. The van der Waals surface area contributed by atoms with Gasteiger partial charge in [-0.25, -0.2) is 4.68 Å². The van der Waals surface area contributed by atoms with Crippen LogP contribution in [0.15, 0.2) is 12.3 Å². The molecule has 6 N–H and O–H groups in total. The van der Waals surface area contributed by atoms with Gasteiger partial charge in [0.2, 0.25) is 0 Å². The standard InChI is InChI=1S/C6H11N5/c1-2-5(8)11-6(9)4(7)3-10-11/h2-3H,7-9H2,1H3. The number of nitrogens with zero attached hydrogens (tertiary/aromatic N) is 2. The van der Waals surface area contributed by atoms with E-state index in [4.69, 9.17) is 17.2 Å². The summed E-state index contributed by atoms with van der Waals surface area (Å²) in [5.74, 6) is 0.847. The number of anilines is 2. The first-order chi connectivity index (χ1) is 5.16. The second-order valence-corrected chi connectivity index (χ2v) is 2.11. The molecule has 0 spiro atoms. The highest BCUT2D eigenvalue weighted by atomic mass is 15.3. The van der Waals surface area contributed by atoms with Crippen molar-refractivity contribution >= 4 is 17.3 Å². The van der Waals surface area contributed by atoms with Crippen molar-refractivity contribution in [2.75, 3.05) is 11.5 Å². The molecule has 11 heavy (non-hydrogen) atoms. The third-order valence-corrected chi connectivity index (χ3v) is 1.38. The fourth-order valence-corrected chi connectivity index (χ4v) is 0.699. The molecule has 1 aromatic heterocycles. The van der Waals surface area contributed by atoms with Gasteiger partial charge in [-0.2, -0.15) is 5.10 Å². The van der Waals surface area contributed by atoms with Gasteiger partial charge in [0.25, 0.3) is 0 Å². The number of hydrogen-bond donors (Lipinski definition) is 3. The lowest BCUT2D eigenvalue weighted by molar-refractivity contribution is 0.896. The lowest BCUT2D eigenvalue weighted by Gasteiger charge is -2.01. The molecule has 0 atom stereocenters. The highest BCUT2D eigenvalue weighted by Gasteiger charge is 2.03. The van der Waals surface area contributed by atoms with Gasteiger partial charge in [0.15, 0.2) is 5.82 Å². The number of aromatic nitrogens is 2. The van der Waals surface area contributed by atoms with Gasteiger partial charge in [-0.05, 0) is 13.0 Å². The van der Waals surface area contributed by atoms with Gasteiger partial charge in [-0.3, -0.25) is 0 Å². The number of nitrogens with two attached hydrogens (primary N) is 3. The van der Waals surface area contributed by atoms with Crippen molar-refractivity contribution < 1.29 is 0 Å². The zero-order chi connectivity index (χ0) is 8.43.